The molecule has 6 nitrogen and oxygen atoms in total. The smallest absolute Gasteiger partial charge is 0.290 e. The molecular weight excluding hydrogens is 313 g/mol. The maximum atomic E-state index is 11.9. The molecule has 0 atom stereocenters. The Labute approximate surface area is 121 Å². The van der Waals surface area contributed by atoms with Crippen molar-refractivity contribution in [3.8, 4) is 0 Å². The molecule has 1 amide bonds. The van der Waals surface area contributed by atoms with Gasteiger partial charge in [-0.1, -0.05) is 23.2 Å². The van der Waals surface area contributed by atoms with E-state index < -0.39 is 16.5 Å². The Morgan fingerprint density at radius 1 is 1.42 bits per heavy atom. The average molecular weight is 318 g/mol. The van der Waals surface area contributed by atoms with Crippen molar-refractivity contribution in [2.75, 3.05) is 5.32 Å². The van der Waals surface area contributed by atoms with E-state index in [0.29, 0.717) is 5.13 Å². The van der Waals surface area contributed by atoms with Crippen molar-refractivity contribution in [2.45, 2.75) is 0 Å². The Morgan fingerprint density at radius 2 is 2.16 bits per heavy atom. The van der Waals surface area contributed by atoms with E-state index in [4.69, 9.17) is 23.2 Å². The van der Waals surface area contributed by atoms with E-state index in [1.54, 1.807) is 5.38 Å². The fourth-order valence-electron chi connectivity index (χ4n) is 1.29. The van der Waals surface area contributed by atoms with Crippen LogP contribution in [0, 0.1) is 10.1 Å². The number of amides is 1. The molecule has 0 unspecified atom stereocenters. The van der Waals surface area contributed by atoms with Crippen LogP contribution in [0.1, 0.15) is 10.4 Å². The van der Waals surface area contributed by atoms with Crippen LogP contribution in [-0.4, -0.2) is 15.8 Å². The number of halogens is 2. The third-order valence-corrected chi connectivity index (χ3v) is 3.60. The minimum absolute atomic E-state index is 0.0382. The molecule has 0 bridgehead atoms. The van der Waals surface area contributed by atoms with E-state index >= 15 is 0 Å². The molecule has 0 saturated heterocycles. The second-order valence-corrected chi connectivity index (χ2v) is 5.02. The highest BCUT2D eigenvalue weighted by molar-refractivity contribution is 7.13. The normalized spacial score (nSPS) is 10.2. The van der Waals surface area contributed by atoms with Crippen LogP contribution >= 0.6 is 34.5 Å². The van der Waals surface area contributed by atoms with Gasteiger partial charge in [0.2, 0.25) is 0 Å². The van der Waals surface area contributed by atoms with Crippen LogP contribution in [0.15, 0.2) is 23.7 Å². The summed E-state index contributed by atoms with van der Waals surface area (Å²) in [4.78, 5) is 25.8. The fraction of sp³-hybridized carbons (Fsp3) is 0. The summed E-state index contributed by atoms with van der Waals surface area (Å²) in [5.74, 6) is -0.545. The average Bonchev–Trinajstić information content (AvgIpc) is 2.84. The van der Waals surface area contributed by atoms with E-state index in [0.717, 1.165) is 6.07 Å². The Kier molecular flexibility index (Phi) is 3.98. The predicted octanol–water partition coefficient (Wildman–Crippen LogP) is 3.61. The van der Waals surface area contributed by atoms with E-state index in [9.17, 15) is 14.9 Å². The van der Waals surface area contributed by atoms with Crippen LogP contribution in [0.25, 0.3) is 0 Å². The van der Waals surface area contributed by atoms with E-state index in [2.05, 4.69) is 10.3 Å². The zero-order valence-electron chi connectivity index (χ0n) is 9.09. The molecule has 98 valence electrons. The third-order valence-electron chi connectivity index (χ3n) is 2.12. The molecule has 2 rings (SSSR count). The highest BCUT2D eigenvalue weighted by Gasteiger charge is 2.20. The second-order valence-electron chi connectivity index (χ2n) is 3.34. The summed E-state index contributed by atoms with van der Waals surface area (Å²) in [5.41, 5.74) is -0.380. The maximum Gasteiger partial charge on any atom is 0.290 e. The first kappa shape index (κ1) is 13.7. The molecule has 0 saturated carbocycles. The van der Waals surface area contributed by atoms with Gasteiger partial charge in [0.05, 0.1) is 9.95 Å². The highest BCUT2D eigenvalue weighted by atomic mass is 35.5. The van der Waals surface area contributed by atoms with Gasteiger partial charge in [0.25, 0.3) is 11.6 Å². The number of carbonyl (C=O) groups excluding carboxylic acids is 1. The molecule has 2 aromatic rings. The number of hydrogen-bond acceptors (Lipinski definition) is 5. The van der Waals surface area contributed by atoms with Crippen LogP contribution in [-0.2, 0) is 0 Å². The summed E-state index contributed by atoms with van der Waals surface area (Å²) in [6.07, 6.45) is 1.53. The first-order chi connectivity index (χ1) is 8.99. The molecule has 19 heavy (non-hydrogen) atoms. The van der Waals surface area contributed by atoms with Crippen LogP contribution < -0.4 is 5.32 Å². The van der Waals surface area contributed by atoms with Gasteiger partial charge in [0.15, 0.2) is 5.13 Å². The fourth-order valence-corrected chi connectivity index (χ4v) is 2.21. The summed E-state index contributed by atoms with van der Waals surface area (Å²) >= 11 is 12.7. The van der Waals surface area contributed by atoms with Crippen LogP contribution in [0.5, 0.6) is 0 Å². The summed E-state index contributed by atoms with van der Waals surface area (Å²) in [5, 5.41) is 15.1. The lowest BCUT2D eigenvalue weighted by Crippen LogP contribution is -2.12. The lowest BCUT2D eigenvalue weighted by atomic mass is 10.2. The molecule has 0 fully saturated rings. The molecular formula is C10H5Cl2N3O3S. The van der Waals surface area contributed by atoms with Crippen molar-refractivity contribution in [1.82, 2.24) is 4.98 Å². The van der Waals surface area contributed by atoms with Gasteiger partial charge in [-0.2, -0.15) is 0 Å². The lowest BCUT2D eigenvalue weighted by molar-refractivity contribution is -0.384. The zero-order valence-corrected chi connectivity index (χ0v) is 11.4. The Hall–Kier alpha value is -1.70. The Balaban J connectivity index is 2.35. The van der Waals surface area contributed by atoms with Crippen molar-refractivity contribution < 1.29 is 9.72 Å². The number of nitro groups is 1. The quantitative estimate of drug-likeness (QED) is 0.692. The SMILES string of the molecule is O=C(Nc1nccs1)c1cc(Cl)c(Cl)c([N+](=O)[O-])c1. The predicted molar refractivity (Wildman–Crippen MR) is 73.2 cm³/mol. The molecule has 0 radical (unpaired) electrons. The summed E-state index contributed by atoms with van der Waals surface area (Å²) in [6.45, 7) is 0. The maximum absolute atomic E-state index is 11.9. The van der Waals surface area contributed by atoms with Crippen molar-refractivity contribution in [1.29, 1.82) is 0 Å². The molecule has 1 aromatic heterocycles. The number of hydrogen-bond donors (Lipinski definition) is 1. The van der Waals surface area contributed by atoms with Crippen molar-refractivity contribution in [3.63, 3.8) is 0 Å². The molecule has 0 aliphatic carbocycles. The number of anilines is 1. The van der Waals surface area contributed by atoms with Gasteiger partial charge in [-0.05, 0) is 6.07 Å². The lowest BCUT2D eigenvalue weighted by Gasteiger charge is -2.04. The van der Waals surface area contributed by atoms with Gasteiger partial charge < -0.3 is 0 Å². The summed E-state index contributed by atoms with van der Waals surface area (Å²) in [6, 6.07) is 2.33. The number of nitrogens with one attached hydrogen (secondary N) is 1. The number of carbonyl (C=O) groups is 1. The molecule has 9 heteroatoms. The zero-order chi connectivity index (χ0) is 14.0. The number of nitro benzene ring substituents is 1. The Bertz CT molecular complexity index is 646. The number of rotatable bonds is 3. The molecule has 0 aliphatic heterocycles. The van der Waals surface area contributed by atoms with Gasteiger partial charge in [0.1, 0.15) is 5.02 Å². The minimum Gasteiger partial charge on any atom is -0.298 e. The van der Waals surface area contributed by atoms with Crippen LogP contribution in [0.3, 0.4) is 0 Å². The topological polar surface area (TPSA) is 85.1 Å². The number of aromatic nitrogens is 1. The standard InChI is InChI=1S/C10H5Cl2N3O3S/c11-6-3-5(4-7(8(6)12)15(17)18)9(16)14-10-13-1-2-19-10/h1-4H,(H,13,14,16). The summed E-state index contributed by atoms with van der Waals surface area (Å²) in [7, 11) is 0. The van der Waals surface area contributed by atoms with Crippen molar-refractivity contribution in [2.24, 2.45) is 0 Å². The van der Waals surface area contributed by atoms with Crippen molar-refractivity contribution in [3.05, 3.63) is 49.4 Å². The van der Waals surface area contributed by atoms with Crippen LogP contribution in [0.4, 0.5) is 10.8 Å². The molecule has 1 heterocycles. The van der Waals surface area contributed by atoms with Gasteiger partial charge in [-0.3, -0.25) is 20.2 Å². The van der Waals surface area contributed by atoms with E-state index in [-0.39, 0.29) is 15.6 Å². The number of nitrogens with zero attached hydrogens (tertiary/aromatic N) is 2. The second kappa shape index (κ2) is 5.52. The first-order valence-electron chi connectivity index (χ1n) is 4.83. The third kappa shape index (κ3) is 3.01. The largest absolute Gasteiger partial charge is 0.298 e. The first-order valence-corrected chi connectivity index (χ1v) is 6.47. The Morgan fingerprint density at radius 3 is 2.74 bits per heavy atom. The van der Waals surface area contributed by atoms with Crippen molar-refractivity contribution >= 4 is 51.3 Å². The van der Waals surface area contributed by atoms with E-state index in [1.807, 2.05) is 0 Å². The molecule has 1 N–H and O–H groups in total. The van der Waals surface area contributed by atoms with Gasteiger partial charge in [0, 0.05) is 23.2 Å². The number of thiazole rings is 1. The molecule has 1 aromatic carbocycles. The molecule has 0 aliphatic rings. The summed E-state index contributed by atoms with van der Waals surface area (Å²) < 4.78 is 0. The monoisotopic (exact) mass is 317 g/mol. The van der Waals surface area contributed by atoms with Gasteiger partial charge >= 0.3 is 0 Å². The van der Waals surface area contributed by atoms with Gasteiger partial charge in [-0.15, -0.1) is 11.3 Å². The highest BCUT2D eigenvalue weighted by Crippen LogP contribution is 2.33. The van der Waals surface area contributed by atoms with Gasteiger partial charge in [-0.25, -0.2) is 4.98 Å². The number of benzene rings is 1. The molecule has 0 spiro atoms. The minimum atomic E-state index is -0.700. The van der Waals surface area contributed by atoms with Crippen LogP contribution in [0.2, 0.25) is 10.0 Å². The van der Waals surface area contributed by atoms with E-state index in [1.165, 1.54) is 23.6 Å².